The van der Waals surface area contributed by atoms with Crippen LogP contribution >= 0.6 is 0 Å². The smallest absolute Gasteiger partial charge is 0.306 e. The fraction of sp³-hybridized carbons (Fsp3) is 0.846. The van der Waals surface area contributed by atoms with Crippen molar-refractivity contribution in [2.24, 2.45) is 0 Å². The number of carbonyl (C=O) groups excluding carboxylic acids is 2. The van der Waals surface area contributed by atoms with Crippen LogP contribution in [0.3, 0.4) is 0 Å². The zero-order valence-electron chi connectivity index (χ0n) is 11.4. The largest absolute Gasteiger partial charge is 0.466 e. The molecule has 1 aliphatic rings. The standard InChI is InChI=1S/C13H22O6/c1-2-3-7-18-12(14)5-4-6-13(15)19-11-8-16-10-17-9-11/h11H,2-10H2,1H3. The Hall–Kier alpha value is -1.14. The zero-order valence-corrected chi connectivity index (χ0v) is 11.4. The monoisotopic (exact) mass is 274 g/mol. The van der Waals surface area contributed by atoms with Gasteiger partial charge in [-0.3, -0.25) is 9.59 Å². The Balaban J connectivity index is 2.01. The molecule has 1 saturated heterocycles. The maximum absolute atomic E-state index is 11.5. The molecule has 1 heterocycles. The lowest BCUT2D eigenvalue weighted by atomic mass is 10.2. The Labute approximate surface area is 113 Å². The van der Waals surface area contributed by atoms with E-state index in [0.717, 1.165) is 12.8 Å². The predicted molar refractivity (Wildman–Crippen MR) is 66.4 cm³/mol. The van der Waals surface area contributed by atoms with Crippen LogP contribution in [0, 0.1) is 0 Å². The molecule has 0 amide bonds. The van der Waals surface area contributed by atoms with Gasteiger partial charge < -0.3 is 18.9 Å². The first kappa shape index (κ1) is 15.9. The molecule has 1 fully saturated rings. The molecule has 0 saturated carbocycles. The minimum Gasteiger partial charge on any atom is -0.466 e. The van der Waals surface area contributed by atoms with Gasteiger partial charge in [-0.25, -0.2) is 0 Å². The SMILES string of the molecule is CCCCOC(=O)CCCC(=O)OC1COCOC1. The molecule has 0 unspecified atom stereocenters. The molecule has 0 aromatic heterocycles. The lowest BCUT2D eigenvalue weighted by Crippen LogP contribution is -2.33. The summed E-state index contributed by atoms with van der Waals surface area (Å²) in [6, 6.07) is 0. The Morgan fingerprint density at radius 2 is 1.79 bits per heavy atom. The van der Waals surface area contributed by atoms with Crippen molar-refractivity contribution in [1.82, 2.24) is 0 Å². The Kier molecular flexibility index (Phi) is 8.16. The highest BCUT2D eigenvalue weighted by Crippen LogP contribution is 2.06. The summed E-state index contributed by atoms with van der Waals surface area (Å²) in [5.74, 6) is -0.592. The summed E-state index contributed by atoms with van der Waals surface area (Å²) < 4.78 is 20.1. The molecule has 0 N–H and O–H groups in total. The highest BCUT2D eigenvalue weighted by atomic mass is 16.7. The van der Waals surface area contributed by atoms with Crippen LogP contribution in [0.25, 0.3) is 0 Å². The second-order valence-electron chi connectivity index (χ2n) is 4.40. The summed E-state index contributed by atoms with van der Waals surface area (Å²) >= 11 is 0. The first-order valence-electron chi connectivity index (χ1n) is 6.73. The fourth-order valence-corrected chi connectivity index (χ4v) is 1.56. The number of hydrogen-bond donors (Lipinski definition) is 0. The van der Waals surface area contributed by atoms with Gasteiger partial charge in [-0.15, -0.1) is 0 Å². The van der Waals surface area contributed by atoms with Crippen LogP contribution in [0.5, 0.6) is 0 Å². The summed E-state index contributed by atoms with van der Waals surface area (Å²) in [5.41, 5.74) is 0. The number of hydrogen-bond acceptors (Lipinski definition) is 6. The number of esters is 2. The van der Waals surface area contributed by atoms with E-state index in [1.54, 1.807) is 0 Å². The van der Waals surface area contributed by atoms with Crippen LogP contribution in [0.1, 0.15) is 39.0 Å². The van der Waals surface area contributed by atoms with Crippen molar-refractivity contribution in [3.63, 3.8) is 0 Å². The van der Waals surface area contributed by atoms with Gasteiger partial charge in [-0.1, -0.05) is 13.3 Å². The van der Waals surface area contributed by atoms with Gasteiger partial charge in [0.05, 0.1) is 19.8 Å². The maximum Gasteiger partial charge on any atom is 0.306 e. The van der Waals surface area contributed by atoms with Crippen LogP contribution in [0.15, 0.2) is 0 Å². The van der Waals surface area contributed by atoms with Gasteiger partial charge in [0.25, 0.3) is 0 Å². The van der Waals surface area contributed by atoms with E-state index >= 15 is 0 Å². The van der Waals surface area contributed by atoms with Crippen molar-refractivity contribution in [3.05, 3.63) is 0 Å². The van der Waals surface area contributed by atoms with Crippen molar-refractivity contribution < 1.29 is 28.5 Å². The highest BCUT2D eigenvalue weighted by Gasteiger charge is 2.18. The van der Waals surface area contributed by atoms with E-state index in [-0.39, 0.29) is 37.7 Å². The molecule has 1 rings (SSSR count). The van der Waals surface area contributed by atoms with Crippen LogP contribution in [0.4, 0.5) is 0 Å². The second kappa shape index (κ2) is 9.75. The van der Waals surface area contributed by atoms with E-state index in [0.29, 0.717) is 26.2 Å². The molecule has 110 valence electrons. The quantitative estimate of drug-likeness (QED) is 0.492. The average Bonchev–Trinajstić information content (AvgIpc) is 2.40. The van der Waals surface area contributed by atoms with Gasteiger partial charge in [-0.05, 0) is 12.8 Å². The van der Waals surface area contributed by atoms with E-state index in [9.17, 15) is 9.59 Å². The molecular formula is C13H22O6. The van der Waals surface area contributed by atoms with Crippen LogP contribution in [0.2, 0.25) is 0 Å². The molecule has 0 aromatic rings. The molecule has 0 bridgehead atoms. The number of carbonyl (C=O) groups is 2. The summed E-state index contributed by atoms with van der Waals surface area (Å²) in [5, 5.41) is 0. The van der Waals surface area contributed by atoms with Gasteiger partial charge >= 0.3 is 11.9 Å². The summed E-state index contributed by atoms with van der Waals surface area (Å²) in [4.78, 5) is 22.7. The van der Waals surface area contributed by atoms with Crippen LogP contribution in [-0.2, 0) is 28.5 Å². The normalized spacial score (nSPS) is 16.1. The van der Waals surface area contributed by atoms with Crippen molar-refractivity contribution in [3.8, 4) is 0 Å². The Morgan fingerprint density at radius 1 is 1.11 bits per heavy atom. The minimum absolute atomic E-state index is 0.208. The first-order chi connectivity index (χ1) is 9.22. The van der Waals surface area contributed by atoms with Crippen molar-refractivity contribution in [2.45, 2.75) is 45.1 Å². The van der Waals surface area contributed by atoms with E-state index < -0.39 is 0 Å². The Morgan fingerprint density at radius 3 is 2.47 bits per heavy atom. The molecule has 0 radical (unpaired) electrons. The average molecular weight is 274 g/mol. The highest BCUT2D eigenvalue weighted by molar-refractivity contribution is 5.72. The molecule has 6 heteroatoms. The van der Waals surface area contributed by atoms with Gasteiger partial charge in [0.1, 0.15) is 12.9 Å². The zero-order chi connectivity index (χ0) is 13.9. The molecule has 1 aliphatic heterocycles. The van der Waals surface area contributed by atoms with Crippen molar-refractivity contribution >= 4 is 11.9 Å². The molecule has 6 nitrogen and oxygen atoms in total. The number of ether oxygens (including phenoxy) is 4. The first-order valence-corrected chi connectivity index (χ1v) is 6.73. The van der Waals surface area contributed by atoms with Gasteiger partial charge in [0, 0.05) is 12.8 Å². The fourth-order valence-electron chi connectivity index (χ4n) is 1.56. The van der Waals surface area contributed by atoms with E-state index in [1.807, 2.05) is 6.92 Å². The number of rotatable bonds is 8. The molecule has 0 atom stereocenters. The van der Waals surface area contributed by atoms with E-state index in [2.05, 4.69) is 0 Å². The van der Waals surface area contributed by atoms with E-state index in [1.165, 1.54) is 0 Å². The van der Waals surface area contributed by atoms with Crippen molar-refractivity contribution in [1.29, 1.82) is 0 Å². The van der Waals surface area contributed by atoms with E-state index in [4.69, 9.17) is 18.9 Å². The van der Waals surface area contributed by atoms with Gasteiger partial charge in [0.2, 0.25) is 0 Å². The Bertz CT molecular complexity index is 272. The van der Waals surface area contributed by atoms with Gasteiger partial charge in [0.15, 0.2) is 0 Å². The molecule has 0 aromatic carbocycles. The summed E-state index contributed by atoms with van der Waals surface area (Å²) in [6.07, 6.45) is 2.42. The maximum atomic E-state index is 11.5. The summed E-state index contributed by atoms with van der Waals surface area (Å²) in [7, 11) is 0. The predicted octanol–water partition coefficient (Wildman–Crippen LogP) is 1.42. The lowest BCUT2D eigenvalue weighted by Gasteiger charge is -2.22. The molecule has 19 heavy (non-hydrogen) atoms. The van der Waals surface area contributed by atoms with Gasteiger partial charge in [-0.2, -0.15) is 0 Å². The topological polar surface area (TPSA) is 71.1 Å². The third-order valence-corrected chi connectivity index (χ3v) is 2.60. The molecule has 0 spiro atoms. The number of unbranched alkanes of at least 4 members (excludes halogenated alkanes) is 1. The van der Waals surface area contributed by atoms with Crippen molar-refractivity contribution in [2.75, 3.05) is 26.6 Å². The second-order valence-corrected chi connectivity index (χ2v) is 4.40. The molecular weight excluding hydrogens is 252 g/mol. The minimum atomic E-state index is -0.335. The summed E-state index contributed by atoms with van der Waals surface area (Å²) in [6.45, 7) is 3.46. The molecule has 0 aliphatic carbocycles. The third kappa shape index (κ3) is 7.79. The van der Waals surface area contributed by atoms with Crippen LogP contribution in [-0.4, -0.2) is 44.7 Å². The lowest BCUT2D eigenvalue weighted by molar-refractivity contribution is -0.183. The van der Waals surface area contributed by atoms with Crippen LogP contribution < -0.4 is 0 Å². The third-order valence-electron chi connectivity index (χ3n) is 2.60.